The lowest BCUT2D eigenvalue weighted by atomic mass is 10.1. The zero-order valence-corrected chi connectivity index (χ0v) is 18.5. The maximum atomic E-state index is 13.4. The molecule has 1 aliphatic heterocycles. The van der Waals surface area contributed by atoms with E-state index in [9.17, 15) is 13.6 Å². The minimum atomic E-state index is -2.53. The highest BCUT2D eigenvalue weighted by Crippen LogP contribution is 2.39. The van der Waals surface area contributed by atoms with Crippen LogP contribution in [0.15, 0.2) is 18.5 Å². The van der Waals surface area contributed by atoms with Crippen LogP contribution in [-0.4, -0.2) is 52.9 Å². The Balaban J connectivity index is 1.40. The first-order chi connectivity index (χ1) is 15.3. The molecule has 0 unspecified atom stereocenters. The van der Waals surface area contributed by atoms with E-state index in [1.54, 1.807) is 10.9 Å². The number of ether oxygens (including phenoxy) is 1. The number of nitrogens with zero attached hydrogens (tertiary/aromatic N) is 4. The molecule has 1 saturated carbocycles. The van der Waals surface area contributed by atoms with Crippen molar-refractivity contribution in [1.82, 2.24) is 14.8 Å². The predicted molar refractivity (Wildman–Crippen MR) is 118 cm³/mol. The molecule has 1 amide bonds. The van der Waals surface area contributed by atoms with Gasteiger partial charge < -0.3 is 20.3 Å². The van der Waals surface area contributed by atoms with Gasteiger partial charge in [0.25, 0.3) is 0 Å². The van der Waals surface area contributed by atoms with Gasteiger partial charge in [-0.1, -0.05) is 0 Å². The van der Waals surface area contributed by atoms with Gasteiger partial charge in [0.15, 0.2) is 0 Å². The van der Waals surface area contributed by atoms with Crippen molar-refractivity contribution in [3.8, 4) is 0 Å². The van der Waals surface area contributed by atoms with Gasteiger partial charge >= 0.3 is 0 Å². The summed E-state index contributed by atoms with van der Waals surface area (Å²) in [6.07, 6.45) is 4.09. The van der Waals surface area contributed by atoms with E-state index in [0.717, 1.165) is 22.6 Å². The topological polar surface area (TPSA) is 84.3 Å². The van der Waals surface area contributed by atoms with Crippen molar-refractivity contribution in [2.75, 3.05) is 41.8 Å². The van der Waals surface area contributed by atoms with E-state index in [-0.39, 0.29) is 31.2 Å². The Morgan fingerprint density at radius 2 is 2.25 bits per heavy atom. The van der Waals surface area contributed by atoms with Crippen molar-refractivity contribution in [1.29, 1.82) is 0 Å². The first-order valence-corrected chi connectivity index (χ1v) is 11.1. The molecule has 0 aromatic carbocycles. The largest absolute Gasteiger partial charge is 0.380 e. The van der Waals surface area contributed by atoms with Gasteiger partial charge in [-0.15, -0.1) is 0 Å². The fourth-order valence-electron chi connectivity index (χ4n) is 4.36. The number of pyridine rings is 1. The highest BCUT2D eigenvalue weighted by molar-refractivity contribution is 6.02. The Morgan fingerprint density at radius 1 is 1.41 bits per heavy atom. The summed E-state index contributed by atoms with van der Waals surface area (Å²) in [6, 6.07) is 1.93. The highest BCUT2D eigenvalue weighted by Gasteiger charge is 2.39. The average molecular weight is 449 g/mol. The van der Waals surface area contributed by atoms with Crippen molar-refractivity contribution in [3.05, 3.63) is 29.7 Å². The highest BCUT2D eigenvalue weighted by atomic mass is 19.3. The molecule has 1 aliphatic carbocycles. The van der Waals surface area contributed by atoms with Crippen LogP contribution in [0.25, 0.3) is 0 Å². The number of amides is 1. The molecular formula is C22H30F2N6O2. The summed E-state index contributed by atoms with van der Waals surface area (Å²) in [6.45, 7) is 6.90. The molecule has 10 heteroatoms. The molecule has 2 aliphatic rings. The van der Waals surface area contributed by atoms with Crippen LogP contribution in [0, 0.1) is 12.8 Å². The smallest absolute Gasteiger partial charge is 0.248 e. The average Bonchev–Trinajstić information content (AvgIpc) is 3.33. The predicted octanol–water partition coefficient (Wildman–Crippen LogP) is 3.43. The lowest BCUT2D eigenvalue weighted by Crippen LogP contribution is -2.40. The van der Waals surface area contributed by atoms with E-state index in [4.69, 9.17) is 4.74 Å². The Labute approximate surface area is 186 Å². The fourth-order valence-corrected chi connectivity index (χ4v) is 4.36. The number of hydrogen-bond acceptors (Lipinski definition) is 6. The standard InChI is InChI=1S/C22H30F2N6O2/c1-3-32-7-6-29-14-20(31)28-21-15(2)27-19(8-18(21)29)25-10-17-11-26-30(13-17)12-16-4-5-22(23,24)9-16/h8,11,13,16H,3-7,9-10,12,14H2,1-2H3,(H,25,27)(H,28,31)/t16-/m1/s1. The van der Waals surface area contributed by atoms with Crippen LogP contribution in [0.3, 0.4) is 0 Å². The molecule has 4 rings (SSSR count). The van der Waals surface area contributed by atoms with Crippen LogP contribution in [0.1, 0.15) is 37.4 Å². The minimum Gasteiger partial charge on any atom is -0.380 e. The van der Waals surface area contributed by atoms with E-state index in [1.165, 1.54) is 0 Å². The molecular weight excluding hydrogens is 418 g/mol. The molecule has 0 saturated heterocycles. The number of aromatic nitrogens is 3. The normalized spacial score (nSPS) is 19.7. The molecule has 0 spiro atoms. The molecule has 0 bridgehead atoms. The molecule has 0 radical (unpaired) electrons. The third kappa shape index (κ3) is 5.35. The molecule has 1 fully saturated rings. The third-order valence-electron chi connectivity index (χ3n) is 5.94. The monoisotopic (exact) mass is 448 g/mol. The minimum absolute atomic E-state index is 0.0290. The van der Waals surface area contributed by atoms with Gasteiger partial charge in [0.05, 0.1) is 36.4 Å². The summed E-state index contributed by atoms with van der Waals surface area (Å²) >= 11 is 0. The van der Waals surface area contributed by atoms with Crippen LogP contribution >= 0.6 is 0 Å². The van der Waals surface area contributed by atoms with Gasteiger partial charge in [-0.2, -0.15) is 5.10 Å². The number of alkyl halides is 2. The molecule has 8 nitrogen and oxygen atoms in total. The van der Waals surface area contributed by atoms with E-state index in [1.807, 2.05) is 31.0 Å². The zero-order valence-electron chi connectivity index (χ0n) is 18.5. The Morgan fingerprint density at radius 3 is 3.00 bits per heavy atom. The summed E-state index contributed by atoms with van der Waals surface area (Å²) in [4.78, 5) is 18.7. The number of aryl methyl sites for hydroxylation is 1. The molecule has 2 aromatic rings. The summed E-state index contributed by atoms with van der Waals surface area (Å²) in [5, 5.41) is 10.6. The van der Waals surface area contributed by atoms with E-state index >= 15 is 0 Å². The van der Waals surface area contributed by atoms with E-state index in [2.05, 4.69) is 20.7 Å². The molecule has 174 valence electrons. The van der Waals surface area contributed by atoms with Crippen LogP contribution in [-0.2, 0) is 22.6 Å². The van der Waals surface area contributed by atoms with Gasteiger partial charge in [-0.05, 0) is 26.2 Å². The first-order valence-electron chi connectivity index (χ1n) is 11.1. The lowest BCUT2D eigenvalue weighted by molar-refractivity contribution is -0.115. The second kappa shape index (κ2) is 9.40. The van der Waals surface area contributed by atoms with Crippen molar-refractivity contribution in [2.45, 2.75) is 52.1 Å². The second-order valence-corrected chi connectivity index (χ2v) is 8.54. The second-order valence-electron chi connectivity index (χ2n) is 8.54. The molecule has 1 atom stereocenters. The third-order valence-corrected chi connectivity index (χ3v) is 5.94. The van der Waals surface area contributed by atoms with Gasteiger partial charge in [-0.25, -0.2) is 13.8 Å². The number of carbonyl (C=O) groups is 1. The summed E-state index contributed by atoms with van der Waals surface area (Å²) < 4.78 is 34.0. The molecule has 2 aromatic heterocycles. The number of carbonyl (C=O) groups excluding carboxylic acids is 1. The quantitative estimate of drug-likeness (QED) is 0.572. The van der Waals surface area contributed by atoms with Gasteiger partial charge in [0.2, 0.25) is 11.8 Å². The number of nitrogens with one attached hydrogen (secondary N) is 2. The van der Waals surface area contributed by atoms with Crippen LogP contribution in [0.2, 0.25) is 0 Å². The maximum absolute atomic E-state index is 13.4. The lowest BCUT2D eigenvalue weighted by Gasteiger charge is -2.32. The molecule has 2 N–H and O–H groups in total. The van der Waals surface area contributed by atoms with Gasteiger partial charge in [0.1, 0.15) is 5.82 Å². The number of anilines is 3. The summed E-state index contributed by atoms with van der Waals surface area (Å²) in [7, 11) is 0. The van der Waals surface area contributed by atoms with Crippen molar-refractivity contribution >= 4 is 23.1 Å². The van der Waals surface area contributed by atoms with E-state index in [0.29, 0.717) is 45.1 Å². The summed E-state index contributed by atoms with van der Waals surface area (Å²) in [5.74, 6) is -1.93. The van der Waals surface area contributed by atoms with Crippen LogP contribution in [0.4, 0.5) is 26.0 Å². The number of hydrogen-bond donors (Lipinski definition) is 2. The Kier molecular flexibility index (Phi) is 6.59. The fraction of sp³-hybridized carbons (Fsp3) is 0.591. The zero-order chi connectivity index (χ0) is 22.7. The van der Waals surface area contributed by atoms with Crippen LogP contribution < -0.4 is 15.5 Å². The number of fused-ring (bicyclic) bond motifs is 1. The van der Waals surface area contributed by atoms with Crippen molar-refractivity contribution in [2.24, 2.45) is 5.92 Å². The maximum Gasteiger partial charge on any atom is 0.248 e. The first kappa shape index (κ1) is 22.4. The SMILES string of the molecule is CCOCCN1CC(=O)Nc2c1cc(NCc1cnn(C[C@@H]3CCC(F)(F)C3)c1)nc2C. The molecule has 32 heavy (non-hydrogen) atoms. The van der Waals surface area contributed by atoms with Gasteiger partial charge in [-0.3, -0.25) is 9.48 Å². The van der Waals surface area contributed by atoms with Crippen molar-refractivity contribution in [3.63, 3.8) is 0 Å². The van der Waals surface area contributed by atoms with Crippen LogP contribution in [0.5, 0.6) is 0 Å². The molecule has 3 heterocycles. The van der Waals surface area contributed by atoms with Gasteiger partial charge in [0, 0.05) is 56.9 Å². The number of rotatable bonds is 9. The van der Waals surface area contributed by atoms with E-state index < -0.39 is 5.92 Å². The van der Waals surface area contributed by atoms with Crippen molar-refractivity contribution < 1.29 is 18.3 Å². The number of halogens is 2. The summed E-state index contributed by atoms with van der Waals surface area (Å²) in [5.41, 5.74) is 3.33. The Bertz CT molecular complexity index is 964. The Hall–Kier alpha value is -2.75.